The highest BCUT2D eigenvalue weighted by atomic mass is 16.7. The number of aryl methyl sites for hydroxylation is 2. The van der Waals surface area contributed by atoms with Crippen LogP contribution in [0.15, 0.2) is 101 Å². The third-order valence-electron chi connectivity index (χ3n) is 5.68. The number of carbonyl (C=O) groups excluding carboxylic acids is 1. The van der Waals surface area contributed by atoms with Crippen LogP contribution < -0.4 is 5.32 Å². The molecule has 7 nitrogen and oxygen atoms in total. The van der Waals surface area contributed by atoms with Crippen LogP contribution in [0.3, 0.4) is 0 Å². The summed E-state index contributed by atoms with van der Waals surface area (Å²) in [7, 11) is 0. The highest BCUT2D eigenvalue weighted by molar-refractivity contribution is 6.00. The first-order chi connectivity index (χ1) is 16.6. The quantitative estimate of drug-likeness (QED) is 0.496. The Morgan fingerprint density at radius 3 is 2.24 bits per heavy atom. The molecule has 0 aliphatic carbocycles. The van der Waals surface area contributed by atoms with Crippen molar-refractivity contribution in [2.75, 3.05) is 11.9 Å². The van der Waals surface area contributed by atoms with Crippen LogP contribution >= 0.6 is 0 Å². The molecule has 1 N–H and O–H groups in total. The molecule has 2 aliphatic heterocycles. The summed E-state index contributed by atoms with van der Waals surface area (Å²) in [5, 5.41) is 11.8. The van der Waals surface area contributed by atoms with Gasteiger partial charge in [-0.2, -0.15) is 5.11 Å². The number of ether oxygens (including phenoxy) is 3. The fraction of sp³-hybridized carbons (Fsp3) is 0.222. The molecule has 0 saturated carbocycles. The fourth-order valence-electron chi connectivity index (χ4n) is 3.77. The second kappa shape index (κ2) is 9.59. The monoisotopic (exact) mass is 455 g/mol. The average molecular weight is 456 g/mol. The molecule has 0 unspecified atom stereocenters. The minimum Gasteiger partial charge on any atom is -0.468 e. The number of ketones is 1. The number of carbonyl (C=O) groups is 1. The molecule has 0 aromatic heterocycles. The van der Waals surface area contributed by atoms with Crippen molar-refractivity contribution in [3.63, 3.8) is 0 Å². The summed E-state index contributed by atoms with van der Waals surface area (Å²) in [4.78, 5) is 13.6. The molecule has 0 spiro atoms. The van der Waals surface area contributed by atoms with Crippen LogP contribution in [0, 0.1) is 13.8 Å². The fourth-order valence-corrected chi connectivity index (χ4v) is 3.77. The van der Waals surface area contributed by atoms with E-state index in [2.05, 4.69) is 15.5 Å². The van der Waals surface area contributed by atoms with E-state index in [1.807, 2.05) is 92.7 Å². The van der Waals surface area contributed by atoms with Crippen molar-refractivity contribution in [2.45, 2.75) is 32.3 Å². The molecule has 172 valence electrons. The summed E-state index contributed by atoms with van der Waals surface area (Å²) in [6.07, 6.45) is -2.11. The van der Waals surface area contributed by atoms with E-state index in [4.69, 9.17) is 14.2 Å². The third kappa shape index (κ3) is 4.76. The normalized spacial score (nSPS) is 22.4. The van der Waals surface area contributed by atoms with Crippen LogP contribution in [-0.4, -0.2) is 24.6 Å². The van der Waals surface area contributed by atoms with Gasteiger partial charge < -0.3 is 19.5 Å². The molecular weight excluding hydrogens is 430 g/mol. The SMILES string of the molecule is Cc1ccc(N=NC2=C(Nc3ccc(C)cc3)O[C@@H]3CO[C@@H](c4ccccc4)O[C@H]3C2=O)cc1. The molecule has 0 radical (unpaired) electrons. The minimum absolute atomic E-state index is 0.0797. The zero-order chi connectivity index (χ0) is 23.5. The zero-order valence-corrected chi connectivity index (χ0v) is 19.0. The molecule has 0 amide bonds. The molecule has 2 heterocycles. The van der Waals surface area contributed by atoms with Gasteiger partial charge in [-0.05, 0) is 38.1 Å². The van der Waals surface area contributed by atoms with Gasteiger partial charge in [0.05, 0.1) is 12.3 Å². The molecule has 7 heteroatoms. The molecule has 5 rings (SSSR count). The number of nitrogens with zero attached hydrogens (tertiary/aromatic N) is 2. The molecule has 1 saturated heterocycles. The Balaban J connectivity index is 1.46. The van der Waals surface area contributed by atoms with Gasteiger partial charge in [-0.1, -0.05) is 65.7 Å². The molecular formula is C27H25N3O4. The van der Waals surface area contributed by atoms with E-state index < -0.39 is 18.5 Å². The van der Waals surface area contributed by atoms with Gasteiger partial charge in [0, 0.05) is 11.3 Å². The lowest BCUT2D eigenvalue weighted by Crippen LogP contribution is -2.50. The van der Waals surface area contributed by atoms with Crippen molar-refractivity contribution in [1.29, 1.82) is 0 Å². The molecule has 3 aromatic carbocycles. The predicted molar refractivity (Wildman–Crippen MR) is 127 cm³/mol. The minimum atomic E-state index is -0.852. The number of hydrogen-bond acceptors (Lipinski definition) is 7. The van der Waals surface area contributed by atoms with E-state index in [1.165, 1.54) is 0 Å². The smallest absolute Gasteiger partial charge is 0.224 e. The number of Topliss-reactive ketones (excluding diaryl/α,β-unsaturated/α-hetero) is 1. The zero-order valence-electron chi connectivity index (χ0n) is 19.0. The van der Waals surface area contributed by atoms with Crippen LogP contribution in [0.1, 0.15) is 23.0 Å². The lowest BCUT2D eigenvalue weighted by molar-refractivity contribution is -0.255. The number of benzene rings is 3. The summed E-state index contributed by atoms with van der Waals surface area (Å²) in [6.45, 7) is 4.21. The first-order valence-corrected chi connectivity index (χ1v) is 11.2. The molecule has 34 heavy (non-hydrogen) atoms. The van der Waals surface area contributed by atoms with Gasteiger partial charge in [-0.15, -0.1) is 5.11 Å². The predicted octanol–water partition coefficient (Wildman–Crippen LogP) is 5.75. The van der Waals surface area contributed by atoms with E-state index >= 15 is 0 Å². The summed E-state index contributed by atoms with van der Waals surface area (Å²) in [6, 6.07) is 24.9. The largest absolute Gasteiger partial charge is 0.468 e. The standard InChI is InChI=1S/C27H25N3O4/c1-17-8-12-20(13-9-17)28-26-23(30-29-21-14-10-18(2)11-15-21)24(31)25-22(33-26)16-32-27(34-25)19-6-4-3-5-7-19/h3-15,22,25,27-28H,16H2,1-2H3/t22-,25-,27-/m1/s1. The van der Waals surface area contributed by atoms with Crippen molar-refractivity contribution in [2.24, 2.45) is 10.2 Å². The average Bonchev–Trinajstić information content (AvgIpc) is 2.87. The Kier molecular flexibility index (Phi) is 6.20. The van der Waals surface area contributed by atoms with Crippen LogP contribution in [0.4, 0.5) is 11.4 Å². The van der Waals surface area contributed by atoms with E-state index in [9.17, 15) is 4.79 Å². The maximum Gasteiger partial charge on any atom is 0.224 e. The Morgan fingerprint density at radius 2 is 1.53 bits per heavy atom. The number of rotatable bonds is 5. The Hall–Kier alpha value is -3.81. The van der Waals surface area contributed by atoms with Crippen molar-refractivity contribution in [3.8, 4) is 0 Å². The van der Waals surface area contributed by atoms with Gasteiger partial charge in [0.2, 0.25) is 11.7 Å². The summed E-state index contributed by atoms with van der Waals surface area (Å²) >= 11 is 0. The first-order valence-electron chi connectivity index (χ1n) is 11.2. The highest BCUT2D eigenvalue weighted by Crippen LogP contribution is 2.35. The topological polar surface area (TPSA) is 81.5 Å². The van der Waals surface area contributed by atoms with Crippen LogP contribution in [0.5, 0.6) is 0 Å². The molecule has 0 bridgehead atoms. The van der Waals surface area contributed by atoms with Crippen molar-refractivity contribution in [3.05, 3.63) is 107 Å². The summed E-state index contributed by atoms with van der Waals surface area (Å²) in [5.41, 5.74) is 4.57. The summed E-state index contributed by atoms with van der Waals surface area (Å²) < 4.78 is 18.1. The first kappa shape index (κ1) is 22.0. The van der Waals surface area contributed by atoms with Crippen LogP contribution in [-0.2, 0) is 19.0 Å². The number of azo groups is 1. The van der Waals surface area contributed by atoms with Crippen molar-refractivity contribution in [1.82, 2.24) is 0 Å². The lowest BCUT2D eigenvalue weighted by Gasteiger charge is -2.38. The second-order valence-electron chi connectivity index (χ2n) is 8.36. The Bertz CT molecular complexity index is 1220. The lowest BCUT2D eigenvalue weighted by atomic mass is 10.0. The summed E-state index contributed by atoms with van der Waals surface area (Å²) in [5.74, 6) is -0.0673. The molecule has 2 aliphatic rings. The maximum absolute atomic E-state index is 13.6. The van der Waals surface area contributed by atoms with Gasteiger partial charge in [-0.3, -0.25) is 4.79 Å². The molecule has 1 fully saturated rings. The second-order valence-corrected chi connectivity index (χ2v) is 8.36. The van der Waals surface area contributed by atoms with Crippen molar-refractivity contribution >= 4 is 17.2 Å². The van der Waals surface area contributed by atoms with Crippen LogP contribution in [0.2, 0.25) is 0 Å². The van der Waals surface area contributed by atoms with E-state index in [0.717, 1.165) is 22.4 Å². The van der Waals surface area contributed by atoms with Gasteiger partial charge in [0.25, 0.3) is 0 Å². The van der Waals surface area contributed by atoms with Gasteiger partial charge >= 0.3 is 0 Å². The number of anilines is 1. The molecule has 3 aromatic rings. The van der Waals surface area contributed by atoms with E-state index in [0.29, 0.717) is 5.69 Å². The van der Waals surface area contributed by atoms with Gasteiger partial charge in [0.15, 0.2) is 24.2 Å². The van der Waals surface area contributed by atoms with Crippen LogP contribution in [0.25, 0.3) is 0 Å². The number of hydrogen-bond donors (Lipinski definition) is 1. The molecule has 3 atom stereocenters. The van der Waals surface area contributed by atoms with Gasteiger partial charge in [0.1, 0.15) is 0 Å². The van der Waals surface area contributed by atoms with Gasteiger partial charge in [-0.25, -0.2) is 0 Å². The van der Waals surface area contributed by atoms with E-state index in [-0.39, 0.29) is 24.0 Å². The van der Waals surface area contributed by atoms with Crippen molar-refractivity contribution < 1.29 is 19.0 Å². The third-order valence-corrected chi connectivity index (χ3v) is 5.68. The Labute approximate surface area is 198 Å². The maximum atomic E-state index is 13.6. The van der Waals surface area contributed by atoms with E-state index in [1.54, 1.807) is 0 Å². The highest BCUT2D eigenvalue weighted by Gasteiger charge is 2.45. The number of fused-ring (bicyclic) bond motifs is 1. The number of nitrogens with one attached hydrogen (secondary N) is 1. The Morgan fingerprint density at radius 1 is 0.853 bits per heavy atom.